The molecule has 0 N–H and O–H groups in total. The largest absolute Gasteiger partial charge is 0.381 e. The SMILES string of the molecule is CCCCC(CC)COCC1(CS)CCCC1. The van der Waals surface area contributed by atoms with Gasteiger partial charge in [-0.15, -0.1) is 0 Å². The fraction of sp³-hybridized carbons (Fsp3) is 1.00. The van der Waals surface area contributed by atoms with E-state index in [9.17, 15) is 0 Å². The van der Waals surface area contributed by atoms with Crippen LogP contribution in [0.1, 0.15) is 65.2 Å². The maximum absolute atomic E-state index is 6.01. The Kier molecular flexibility index (Phi) is 7.61. The summed E-state index contributed by atoms with van der Waals surface area (Å²) in [5.74, 6) is 1.77. The molecule has 0 heterocycles. The quantitative estimate of drug-likeness (QED) is 0.589. The molecule has 0 bridgehead atoms. The third-order valence-electron chi connectivity index (χ3n) is 4.30. The van der Waals surface area contributed by atoms with Crippen molar-refractivity contribution in [3.63, 3.8) is 0 Å². The number of hydrogen-bond acceptors (Lipinski definition) is 2. The van der Waals surface area contributed by atoms with Crippen molar-refractivity contribution in [1.29, 1.82) is 0 Å². The van der Waals surface area contributed by atoms with E-state index in [-0.39, 0.29) is 0 Å². The van der Waals surface area contributed by atoms with Crippen molar-refractivity contribution in [1.82, 2.24) is 0 Å². The fourth-order valence-corrected chi connectivity index (χ4v) is 3.22. The van der Waals surface area contributed by atoms with Crippen LogP contribution in [0.15, 0.2) is 0 Å². The zero-order chi connectivity index (χ0) is 12.6. The van der Waals surface area contributed by atoms with Gasteiger partial charge in [0.15, 0.2) is 0 Å². The molecule has 2 heteroatoms. The van der Waals surface area contributed by atoms with E-state index in [1.165, 1.54) is 51.4 Å². The zero-order valence-electron chi connectivity index (χ0n) is 11.7. The lowest BCUT2D eigenvalue weighted by Gasteiger charge is -2.27. The summed E-state index contributed by atoms with van der Waals surface area (Å²) < 4.78 is 6.01. The minimum Gasteiger partial charge on any atom is -0.381 e. The maximum atomic E-state index is 6.01. The fourth-order valence-electron chi connectivity index (χ4n) is 2.81. The third-order valence-corrected chi connectivity index (χ3v) is 4.98. The molecule has 1 unspecified atom stereocenters. The van der Waals surface area contributed by atoms with E-state index in [0.29, 0.717) is 5.41 Å². The molecule has 1 saturated carbocycles. The Bertz CT molecular complexity index is 187. The van der Waals surface area contributed by atoms with Crippen LogP contribution in [0.25, 0.3) is 0 Å². The number of ether oxygens (including phenoxy) is 1. The normalized spacial score (nSPS) is 20.6. The van der Waals surface area contributed by atoms with Gasteiger partial charge in [0.1, 0.15) is 0 Å². The van der Waals surface area contributed by atoms with Crippen LogP contribution in [0.4, 0.5) is 0 Å². The molecule has 17 heavy (non-hydrogen) atoms. The molecular formula is C15H30OS. The van der Waals surface area contributed by atoms with Crippen LogP contribution < -0.4 is 0 Å². The van der Waals surface area contributed by atoms with Crippen molar-refractivity contribution in [3.05, 3.63) is 0 Å². The Morgan fingerprint density at radius 3 is 2.47 bits per heavy atom. The second kappa shape index (κ2) is 8.42. The van der Waals surface area contributed by atoms with Gasteiger partial charge in [-0.1, -0.05) is 46.0 Å². The van der Waals surface area contributed by atoms with Gasteiger partial charge in [0, 0.05) is 12.0 Å². The van der Waals surface area contributed by atoms with Gasteiger partial charge in [-0.05, 0) is 30.9 Å². The summed E-state index contributed by atoms with van der Waals surface area (Å²) in [5.41, 5.74) is 0.409. The molecule has 0 aromatic carbocycles. The summed E-state index contributed by atoms with van der Waals surface area (Å²) in [6.07, 6.45) is 10.6. The molecule has 0 aromatic rings. The van der Waals surface area contributed by atoms with Crippen molar-refractivity contribution in [2.45, 2.75) is 65.2 Å². The van der Waals surface area contributed by atoms with Gasteiger partial charge in [-0.25, -0.2) is 0 Å². The summed E-state index contributed by atoms with van der Waals surface area (Å²) in [6, 6.07) is 0. The standard InChI is InChI=1S/C15H30OS/c1-3-5-8-14(4-2)11-16-12-15(13-17)9-6-7-10-15/h14,17H,3-13H2,1-2H3. The van der Waals surface area contributed by atoms with Gasteiger partial charge in [0.05, 0.1) is 6.61 Å². The highest BCUT2D eigenvalue weighted by atomic mass is 32.1. The van der Waals surface area contributed by atoms with E-state index in [1.807, 2.05) is 0 Å². The Morgan fingerprint density at radius 1 is 1.24 bits per heavy atom. The number of hydrogen-bond donors (Lipinski definition) is 1. The van der Waals surface area contributed by atoms with Crippen molar-refractivity contribution >= 4 is 12.6 Å². The average molecular weight is 258 g/mol. The van der Waals surface area contributed by atoms with Crippen LogP contribution in [-0.4, -0.2) is 19.0 Å². The monoisotopic (exact) mass is 258 g/mol. The molecule has 1 nitrogen and oxygen atoms in total. The minimum atomic E-state index is 0.409. The van der Waals surface area contributed by atoms with E-state index in [4.69, 9.17) is 4.74 Å². The molecule has 1 aliphatic carbocycles. The highest BCUT2D eigenvalue weighted by molar-refractivity contribution is 7.80. The molecule has 0 saturated heterocycles. The highest BCUT2D eigenvalue weighted by Gasteiger charge is 2.32. The highest BCUT2D eigenvalue weighted by Crippen LogP contribution is 2.39. The molecule has 1 atom stereocenters. The van der Waals surface area contributed by atoms with Crippen LogP contribution in [0, 0.1) is 11.3 Å². The molecule has 1 fully saturated rings. The Balaban J connectivity index is 2.20. The summed E-state index contributed by atoms with van der Waals surface area (Å²) in [6.45, 7) is 6.46. The summed E-state index contributed by atoms with van der Waals surface area (Å²) in [5, 5.41) is 0. The molecular weight excluding hydrogens is 228 g/mol. The predicted octanol–water partition coefficient (Wildman–Crippen LogP) is 4.71. The molecule has 0 spiro atoms. The Labute approximate surface area is 113 Å². The van der Waals surface area contributed by atoms with Crippen LogP contribution >= 0.6 is 12.6 Å². The summed E-state index contributed by atoms with van der Waals surface area (Å²) in [7, 11) is 0. The van der Waals surface area contributed by atoms with Gasteiger partial charge < -0.3 is 4.74 Å². The van der Waals surface area contributed by atoms with Crippen molar-refractivity contribution < 1.29 is 4.74 Å². The van der Waals surface area contributed by atoms with Crippen LogP contribution in [-0.2, 0) is 4.74 Å². The van der Waals surface area contributed by atoms with Crippen LogP contribution in [0.5, 0.6) is 0 Å². The number of unbranched alkanes of at least 4 members (excludes halogenated alkanes) is 1. The van der Waals surface area contributed by atoms with Gasteiger partial charge >= 0.3 is 0 Å². The smallest absolute Gasteiger partial charge is 0.0530 e. The lowest BCUT2D eigenvalue weighted by Crippen LogP contribution is -2.27. The lowest BCUT2D eigenvalue weighted by molar-refractivity contribution is 0.0345. The van der Waals surface area contributed by atoms with E-state index in [0.717, 1.165) is 24.9 Å². The van der Waals surface area contributed by atoms with Crippen molar-refractivity contribution in [2.75, 3.05) is 19.0 Å². The Hall–Kier alpha value is 0.310. The zero-order valence-corrected chi connectivity index (χ0v) is 12.6. The van der Waals surface area contributed by atoms with Crippen LogP contribution in [0.2, 0.25) is 0 Å². The lowest BCUT2D eigenvalue weighted by atomic mass is 9.89. The second-order valence-electron chi connectivity index (χ2n) is 5.80. The van der Waals surface area contributed by atoms with Gasteiger partial charge in [-0.2, -0.15) is 12.6 Å². The summed E-state index contributed by atoms with van der Waals surface area (Å²) >= 11 is 4.53. The number of rotatable bonds is 9. The second-order valence-corrected chi connectivity index (χ2v) is 6.11. The topological polar surface area (TPSA) is 9.23 Å². The van der Waals surface area contributed by atoms with Gasteiger partial charge in [0.25, 0.3) is 0 Å². The summed E-state index contributed by atoms with van der Waals surface area (Å²) in [4.78, 5) is 0. The first-order valence-electron chi connectivity index (χ1n) is 7.45. The first kappa shape index (κ1) is 15.4. The van der Waals surface area contributed by atoms with E-state index >= 15 is 0 Å². The first-order valence-corrected chi connectivity index (χ1v) is 8.08. The molecule has 102 valence electrons. The van der Waals surface area contributed by atoms with Gasteiger partial charge in [0.2, 0.25) is 0 Å². The van der Waals surface area contributed by atoms with Crippen LogP contribution in [0.3, 0.4) is 0 Å². The molecule has 1 aliphatic rings. The van der Waals surface area contributed by atoms with Crippen molar-refractivity contribution in [2.24, 2.45) is 11.3 Å². The Morgan fingerprint density at radius 2 is 1.94 bits per heavy atom. The molecule has 0 aliphatic heterocycles. The maximum Gasteiger partial charge on any atom is 0.0530 e. The predicted molar refractivity (Wildman–Crippen MR) is 78.9 cm³/mol. The molecule has 0 radical (unpaired) electrons. The molecule has 0 aromatic heterocycles. The minimum absolute atomic E-state index is 0.409. The van der Waals surface area contributed by atoms with E-state index < -0.39 is 0 Å². The number of thiol groups is 1. The van der Waals surface area contributed by atoms with Crippen molar-refractivity contribution in [3.8, 4) is 0 Å². The average Bonchev–Trinajstić information content (AvgIpc) is 2.83. The van der Waals surface area contributed by atoms with Gasteiger partial charge in [-0.3, -0.25) is 0 Å². The van der Waals surface area contributed by atoms with E-state index in [2.05, 4.69) is 26.5 Å². The molecule has 0 amide bonds. The third kappa shape index (κ3) is 5.21. The molecule has 1 rings (SSSR count). The first-order chi connectivity index (χ1) is 8.26. The van der Waals surface area contributed by atoms with E-state index in [1.54, 1.807) is 0 Å².